The molecule has 14 nitrogen and oxygen atoms in total. The van der Waals surface area contributed by atoms with E-state index in [1.807, 2.05) is 71.0 Å². The highest BCUT2D eigenvalue weighted by atomic mass is 16.5. The van der Waals surface area contributed by atoms with E-state index in [1.165, 1.54) is 25.5 Å². The molecule has 1 saturated heterocycles. The number of β-amino-alcohol motifs (C(OH)–C–C–N with tert-alkyl or cyclic N) is 1. The van der Waals surface area contributed by atoms with Gasteiger partial charge in [0.05, 0.1) is 69.0 Å². The number of aliphatic hydroxyl groups excluding tert-OH is 1. The lowest BCUT2D eigenvalue weighted by atomic mass is 9.90. The van der Waals surface area contributed by atoms with Gasteiger partial charge in [0.1, 0.15) is 5.75 Å². The van der Waals surface area contributed by atoms with E-state index in [1.54, 1.807) is 38.1 Å². The fourth-order valence-corrected chi connectivity index (χ4v) is 7.80. The van der Waals surface area contributed by atoms with Gasteiger partial charge in [0.25, 0.3) is 0 Å². The van der Waals surface area contributed by atoms with Crippen LogP contribution in [0.15, 0.2) is 36.4 Å². The summed E-state index contributed by atoms with van der Waals surface area (Å²) in [4.78, 5) is 71.9. The Kier molecular flexibility index (Phi) is 20.8. The van der Waals surface area contributed by atoms with Crippen molar-refractivity contribution in [2.45, 2.75) is 111 Å². The third kappa shape index (κ3) is 13.5. The smallest absolute Gasteiger partial charge is 0.242 e. The highest BCUT2D eigenvalue weighted by Crippen LogP contribution is 2.30. The molecule has 0 saturated carbocycles. The van der Waals surface area contributed by atoms with Gasteiger partial charge in [-0.1, -0.05) is 79.5 Å². The second-order valence-corrected chi connectivity index (χ2v) is 16.0. The van der Waals surface area contributed by atoms with Gasteiger partial charge in [-0.15, -0.1) is 0 Å². The van der Waals surface area contributed by atoms with Gasteiger partial charge >= 0.3 is 0 Å². The predicted molar refractivity (Wildman–Crippen MR) is 227 cm³/mol. The summed E-state index contributed by atoms with van der Waals surface area (Å²) >= 11 is 0. The second kappa shape index (κ2) is 24.1. The Morgan fingerprint density at radius 1 is 0.862 bits per heavy atom. The van der Waals surface area contributed by atoms with Crippen LogP contribution in [-0.4, -0.2) is 148 Å². The number of aliphatic hydroxyl groups is 1. The van der Waals surface area contributed by atoms with Gasteiger partial charge < -0.3 is 39.8 Å². The van der Waals surface area contributed by atoms with Gasteiger partial charge in [-0.25, -0.2) is 0 Å². The largest absolute Gasteiger partial charge is 0.497 e. The van der Waals surface area contributed by atoms with Gasteiger partial charge in [-0.05, 0) is 61.3 Å². The SMILES string of the molecule is CCC.CC[C@H](C)C(C(CC(=O)N1CC(O)C[C@H]1C(OC)C(C)C(=O)NCC(=O)c1ccc2cc(OC)ccc2c1)OC)N(C)C(=O)CNC(=O)C(C(C)C)N(C)C. The highest BCUT2D eigenvalue weighted by molar-refractivity contribution is 6.02. The minimum absolute atomic E-state index is 0.0398. The maximum atomic E-state index is 14.1. The molecule has 0 bridgehead atoms. The van der Waals surface area contributed by atoms with Crippen molar-refractivity contribution in [3.8, 4) is 5.75 Å². The molecule has 3 rings (SSSR count). The van der Waals surface area contributed by atoms with Crippen molar-refractivity contribution in [2.24, 2.45) is 17.8 Å². The molecule has 3 N–H and O–H groups in total. The van der Waals surface area contributed by atoms with Gasteiger partial charge in [0, 0.05) is 33.4 Å². The number of hydrogen-bond acceptors (Lipinski definition) is 10. The summed E-state index contributed by atoms with van der Waals surface area (Å²) < 4.78 is 17.0. The Hall–Kier alpha value is -4.11. The molecule has 0 radical (unpaired) electrons. The van der Waals surface area contributed by atoms with E-state index < -0.39 is 48.3 Å². The van der Waals surface area contributed by atoms with Gasteiger partial charge in [-0.2, -0.15) is 0 Å². The highest BCUT2D eigenvalue weighted by Gasteiger charge is 2.44. The monoisotopic (exact) mass is 814 g/mol. The van der Waals surface area contributed by atoms with E-state index in [2.05, 4.69) is 24.5 Å². The van der Waals surface area contributed by atoms with Crippen LogP contribution in [0.4, 0.5) is 0 Å². The number of ketones is 1. The number of nitrogens with zero attached hydrogens (tertiary/aromatic N) is 3. The number of ether oxygens (including phenoxy) is 3. The van der Waals surface area contributed by atoms with Crippen LogP contribution in [0.3, 0.4) is 0 Å². The van der Waals surface area contributed by atoms with Crippen LogP contribution >= 0.6 is 0 Å². The van der Waals surface area contributed by atoms with Gasteiger partial charge in [-0.3, -0.25) is 28.9 Å². The Morgan fingerprint density at radius 2 is 1.47 bits per heavy atom. The van der Waals surface area contributed by atoms with Crippen LogP contribution < -0.4 is 15.4 Å². The second-order valence-electron chi connectivity index (χ2n) is 16.0. The van der Waals surface area contributed by atoms with Crippen molar-refractivity contribution < 1.29 is 43.3 Å². The lowest BCUT2D eigenvalue weighted by Gasteiger charge is -2.39. The fraction of sp³-hybridized carbons (Fsp3) is 0.659. The Morgan fingerprint density at radius 3 is 2.02 bits per heavy atom. The van der Waals surface area contributed by atoms with Crippen molar-refractivity contribution in [2.75, 3.05) is 62.1 Å². The summed E-state index contributed by atoms with van der Waals surface area (Å²) in [5.41, 5.74) is 0.453. The molecule has 0 spiro atoms. The summed E-state index contributed by atoms with van der Waals surface area (Å²) in [5.74, 6) is -1.66. The van der Waals surface area contributed by atoms with E-state index in [0.29, 0.717) is 17.7 Å². The third-order valence-corrected chi connectivity index (χ3v) is 11.0. The molecule has 1 heterocycles. The first-order valence-corrected chi connectivity index (χ1v) is 20.5. The zero-order chi connectivity index (χ0) is 43.9. The number of Topliss-reactive ketones (excluding diaryl/α,β-unsaturated/α-hetero) is 1. The van der Waals surface area contributed by atoms with E-state index in [0.717, 1.165) is 10.8 Å². The maximum Gasteiger partial charge on any atom is 0.242 e. The lowest BCUT2D eigenvalue weighted by molar-refractivity contribution is -0.146. The zero-order valence-corrected chi connectivity index (χ0v) is 37.2. The normalized spacial score (nSPS) is 18.4. The first-order valence-electron chi connectivity index (χ1n) is 20.5. The number of rotatable bonds is 20. The number of likely N-dealkylation sites (N-methyl/N-ethyl adjacent to an activating group) is 2. The van der Waals surface area contributed by atoms with Gasteiger partial charge in [0.15, 0.2) is 5.78 Å². The van der Waals surface area contributed by atoms with Crippen LogP contribution in [0, 0.1) is 17.8 Å². The molecule has 0 aromatic heterocycles. The first-order chi connectivity index (χ1) is 27.4. The summed E-state index contributed by atoms with van der Waals surface area (Å²) in [6, 6.07) is 9.33. The third-order valence-electron chi connectivity index (χ3n) is 11.0. The fourth-order valence-electron chi connectivity index (χ4n) is 7.80. The van der Waals surface area contributed by atoms with E-state index in [4.69, 9.17) is 14.2 Å². The van der Waals surface area contributed by atoms with Crippen molar-refractivity contribution >= 4 is 40.2 Å². The Labute approximate surface area is 346 Å². The summed E-state index contributed by atoms with van der Waals surface area (Å²) in [5, 5.41) is 18.1. The first kappa shape index (κ1) is 50.0. The van der Waals surface area contributed by atoms with Crippen LogP contribution in [0.1, 0.15) is 84.5 Å². The maximum absolute atomic E-state index is 14.1. The number of carbonyl (C=O) groups excluding carboxylic acids is 5. The molecule has 1 aliphatic heterocycles. The zero-order valence-electron chi connectivity index (χ0n) is 37.2. The van der Waals surface area contributed by atoms with Crippen LogP contribution in [0.25, 0.3) is 10.8 Å². The van der Waals surface area contributed by atoms with Crippen LogP contribution in [0.5, 0.6) is 5.75 Å². The average Bonchev–Trinajstić information content (AvgIpc) is 3.58. The molecular weight excluding hydrogens is 743 g/mol. The van der Waals surface area contributed by atoms with Crippen molar-refractivity contribution in [1.82, 2.24) is 25.3 Å². The molecule has 8 atom stereocenters. The van der Waals surface area contributed by atoms with Crippen molar-refractivity contribution in [3.63, 3.8) is 0 Å². The molecule has 2 aromatic carbocycles. The molecule has 58 heavy (non-hydrogen) atoms. The molecule has 14 heteroatoms. The van der Waals surface area contributed by atoms with Crippen LogP contribution in [0.2, 0.25) is 0 Å². The van der Waals surface area contributed by atoms with E-state index >= 15 is 0 Å². The Balaban J connectivity index is 0.00000374. The summed E-state index contributed by atoms with van der Waals surface area (Å²) in [7, 11) is 9.83. The number of carbonyl (C=O) groups is 5. The van der Waals surface area contributed by atoms with Gasteiger partial charge in [0.2, 0.25) is 23.6 Å². The quantitative estimate of drug-likeness (QED) is 0.165. The summed E-state index contributed by atoms with van der Waals surface area (Å²) in [6.45, 7) is 13.4. The predicted octanol–water partition coefficient (Wildman–Crippen LogP) is 4.16. The van der Waals surface area contributed by atoms with Crippen molar-refractivity contribution in [1.29, 1.82) is 0 Å². The number of fused-ring (bicyclic) bond motifs is 1. The molecule has 6 unspecified atom stereocenters. The Bertz CT molecular complexity index is 1640. The number of benzene rings is 2. The minimum atomic E-state index is -0.840. The topological polar surface area (TPSA) is 167 Å². The number of amides is 4. The van der Waals surface area contributed by atoms with Crippen LogP contribution in [-0.2, 0) is 28.7 Å². The lowest BCUT2D eigenvalue weighted by Crippen LogP contribution is -2.55. The standard InChI is InChI=1S/C41H63N5O9.C3H8/c1-12-25(4)38(45(8)36(50)22-43-41(52)37(24(2)3)44(6)7)34(54-10)20-35(49)46-23-30(47)19-32(46)39(55-11)26(5)40(51)42-21-33(48)29-14-13-28-18-31(53-9)16-15-27(28)17-29;1-3-2/h13-18,24-26,30,32,34,37-39,47H,12,19-23H2,1-11H3,(H,42,51)(H,43,52);3H2,1-2H3/t25-,26?,30?,32-,34?,37?,38?,39?;/m0./s1. The molecule has 1 aliphatic rings. The molecule has 1 fully saturated rings. The number of methoxy groups -OCH3 is 3. The van der Waals surface area contributed by atoms with Crippen molar-refractivity contribution in [3.05, 3.63) is 42.0 Å². The van der Waals surface area contributed by atoms with E-state index in [-0.39, 0.29) is 67.8 Å². The number of likely N-dealkylation sites (tertiary alicyclic amines) is 1. The number of nitrogens with one attached hydrogen (secondary N) is 2. The summed E-state index contributed by atoms with van der Waals surface area (Å²) in [6.07, 6.45) is -0.298. The molecule has 0 aliphatic carbocycles. The molecule has 4 amide bonds. The average molecular weight is 814 g/mol. The molecular formula is C44H71N5O9. The molecule has 2 aromatic rings. The minimum Gasteiger partial charge on any atom is -0.497 e. The molecule has 326 valence electrons. The number of hydrogen-bond donors (Lipinski definition) is 3. The van der Waals surface area contributed by atoms with E-state index in [9.17, 15) is 29.1 Å².